The molecule has 0 radical (unpaired) electrons. The summed E-state index contributed by atoms with van der Waals surface area (Å²) < 4.78 is 0. The molecule has 0 spiro atoms. The minimum atomic E-state index is 0.461. The Balaban J connectivity index is 2.09. The van der Waals surface area contributed by atoms with Crippen LogP contribution in [0.15, 0.2) is 24.3 Å². The number of hydrogen-bond donors (Lipinski definition) is 1. The molecule has 0 fully saturated rings. The van der Waals surface area contributed by atoms with E-state index in [1.54, 1.807) is 0 Å². The predicted octanol–water partition coefficient (Wildman–Crippen LogP) is 2.01. The summed E-state index contributed by atoms with van der Waals surface area (Å²) in [6.07, 6.45) is 8.56. The smallest absolute Gasteiger partial charge is 0.0243 e. The van der Waals surface area contributed by atoms with E-state index in [4.69, 9.17) is 6.42 Å². The lowest BCUT2D eigenvalue weighted by atomic mass is 9.94. The van der Waals surface area contributed by atoms with E-state index >= 15 is 0 Å². The molecule has 1 N–H and O–H groups in total. The highest BCUT2D eigenvalue weighted by Crippen LogP contribution is 2.29. The quantitative estimate of drug-likeness (QED) is 0.734. The number of benzene rings is 1. The van der Waals surface area contributed by atoms with Crippen LogP contribution in [0.1, 0.15) is 17.5 Å². The van der Waals surface area contributed by atoms with E-state index in [1.807, 2.05) is 7.05 Å². The lowest BCUT2D eigenvalue weighted by Gasteiger charge is -2.20. The van der Waals surface area contributed by atoms with Crippen molar-refractivity contribution in [2.45, 2.75) is 25.3 Å². The molecule has 1 atom stereocenters. The van der Waals surface area contributed by atoms with Crippen molar-refractivity contribution in [3.8, 4) is 12.3 Å². The topological polar surface area (TPSA) is 12.0 Å². The molecule has 0 saturated heterocycles. The molecule has 1 aliphatic carbocycles. The van der Waals surface area contributed by atoms with Crippen LogP contribution in [0.3, 0.4) is 0 Å². The zero-order valence-corrected chi connectivity index (χ0v) is 9.16. The molecule has 0 bridgehead atoms. The van der Waals surface area contributed by atoms with Crippen molar-refractivity contribution in [2.24, 2.45) is 5.92 Å². The van der Waals surface area contributed by atoms with Gasteiger partial charge in [0.25, 0.3) is 0 Å². The van der Waals surface area contributed by atoms with E-state index in [0.29, 0.717) is 12.0 Å². The molecule has 0 aromatic heterocycles. The molecule has 2 rings (SSSR count). The Morgan fingerprint density at radius 3 is 2.47 bits per heavy atom. The number of nitrogens with one attached hydrogen (secondary N) is 1. The highest BCUT2D eigenvalue weighted by atomic mass is 14.9. The SMILES string of the molecule is C#CCC(NC)C1Cc2ccccc2C1. The lowest BCUT2D eigenvalue weighted by Crippen LogP contribution is -2.33. The minimum Gasteiger partial charge on any atom is -0.316 e. The Hall–Kier alpha value is -1.26. The zero-order chi connectivity index (χ0) is 10.7. The molecule has 1 nitrogen and oxygen atoms in total. The fourth-order valence-electron chi connectivity index (χ4n) is 2.51. The molecule has 1 aliphatic rings. The monoisotopic (exact) mass is 199 g/mol. The average molecular weight is 199 g/mol. The second-order valence-corrected chi connectivity index (χ2v) is 4.24. The molecule has 1 unspecified atom stereocenters. The Bertz CT molecular complexity index is 350. The van der Waals surface area contributed by atoms with Gasteiger partial charge in [0, 0.05) is 12.5 Å². The first-order valence-electron chi connectivity index (χ1n) is 5.52. The molecule has 15 heavy (non-hydrogen) atoms. The van der Waals surface area contributed by atoms with Gasteiger partial charge < -0.3 is 5.32 Å². The van der Waals surface area contributed by atoms with Crippen molar-refractivity contribution in [1.82, 2.24) is 5.32 Å². The van der Waals surface area contributed by atoms with E-state index in [2.05, 4.69) is 35.5 Å². The molecule has 0 saturated carbocycles. The Kier molecular flexibility index (Phi) is 3.08. The van der Waals surface area contributed by atoms with Gasteiger partial charge in [-0.1, -0.05) is 24.3 Å². The van der Waals surface area contributed by atoms with Gasteiger partial charge in [-0.2, -0.15) is 0 Å². The van der Waals surface area contributed by atoms with Crippen molar-refractivity contribution in [3.05, 3.63) is 35.4 Å². The summed E-state index contributed by atoms with van der Waals surface area (Å²) in [7, 11) is 2.00. The van der Waals surface area contributed by atoms with Gasteiger partial charge in [0.05, 0.1) is 0 Å². The number of hydrogen-bond acceptors (Lipinski definition) is 1. The summed E-state index contributed by atoms with van der Waals surface area (Å²) in [6.45, 7) is 0. The summed E-state index contributed by atoms with van der Waals surface area (Å²) >= 11 is 0. The van der Waals surface area contributed by atoms with Crippen LogP contribution in [0.4, 0.5) is 0 Å². The van der Waals surface area contributed by atoms with Gasteiger partial charge in [-0.05, 0) is 36.9 Å². The molecule has 1 aromatic rings. The first-order valence-corrected chi connectivity index (χ1v) is 5.52. The highest BCUT2D eigenvalue weighted by molar-refractivity contribution is 5.32. The van der Waals surface area contributed by atoms with Crippen LogP contribution in [0.5, 0.6) is 0 Å². The van der Waals surface area contributed by atoms with Gasteiger partial charge in [-0.3, -0.25) is 0 Å². The fraction of sp³-hybridized carbons (Fsp3) is 0.429. The second kappa shape index (κ2) is 4.51. The second-order valence-electron chi connectivity index (χ2n) is 4.24. The van der Waals surface area contributed by atoms with Gasteiger partial charge in [-0.25, -0.2) is 0 Å². The molecular weight excluding hydrogens is 182 g/mol. The maximum Gasteiger partial charge on any atom is 0.0243 e. The minimum absolute atomic E-state index is 0.461. The first kappa shape index (κ1) is 10.3. The number of terminal acetylenes is 1. The van der Waals surface area contributed by atoms with Crippen molar-refractivity contribution in [1.29, 1.82) is 0 Å². The number of rotatable bonds is 3. The molecule has 78 valence electrons. The normalized spacial score (nSPS) is 17.1. The van der Waals surface area contributed by atoms with Gasteiger partial charge >= 0.3 is 0 Å². The van der Waals surface area contributed by atoms with Crippen LogP contribution in [-0.4, -0.2) is 13.1 Å². The van der Waals surface area contributed by atoms with Gasteiger partial charge in [0.1, 0.15) is 0 Å². The van der Waals surface area contributed by atoms with Crippen molar-refractivity contribution >= 4 is 0 Å². The third-order valence-corrected chi connectivity index (χ3v) is 3.36. The summed E-state index contributed by atoms with van der Waals surface area (Å²) in [4.78, 5) is 0. The number of fused-ring (bicyclic) bond motifs is 1. The van der Waals surface area contributed by atoms with E-state index in [0.717, 1.165) is 6.42 Å². The maximum atomic E-state index is 5.39. The van der Waals surface area contributed by atoms with E-state index < -0.39 is 0 Å². The Morgan fingerprint density at radius 1 is 1.40 bits per heavy atom. The van der Waals surface area contributed by atoms with Gasteiger partial charge in [0.15, 0.2) is 0 Å². The van der Waals surface area contributed by atoms with Crippen molar-refractivity contribution in [3.63, 3.8) is 0 Å². The maximum absolute atomic E-state index is 5.39. The van der Waals surface area contributed by atoms with Crippen LogP contribution in [-0.2, 0) is 12.8 Å². The molecule has 1 aromatic carbocycles. The Morgan fingerprint density at radius 2 is 2.00 bits per heavy atom. The van der Waals surface area contributed by atoms with Crippen LogP contribution in [0, 0.1) is 18.3 Å². The van der Waals surface area contributed by atoms with Crippen molar-refractivity contribution < 1.29 is 0 Å². The predicted molar refractivity (Wildman–Crippen MR) is 63.6 cm³/mol. The van der Waals surface area contributed by atoms with Crippen LogP contribution in [0.25, 0.3) is 0 Å². The largest absolute Gasteiger partial charge is 0.316 e. The van der Waals surface area contributed by atoms with E-state index in [1.165, 1.54) is 24.0 Å². The first-order chi connectivity index (χ1) is 7.35. The summed E-state index contributed by atoms with van der Waals surface area (Å²) in [6, 6.07) is 9.17. The summed E-state index contributed by atoms with van der Waals surface area (Å²) in [5.41, 5.74) is 3.00. The standard InChI is InChI=1S/C14H17N/c1-3-6-14(15-2)13-9-11-7-4-5-8-12(11)10-13/h1,4-5,7-8,13-15H,6,9-10H2,2H3. The van der Waals surface area contributed by atoms with Gasteiger partial charge in [-0.15, -0.1) is 12.3 Å². The molecule has 0 amide bonds. The lowest BCUT2D eigenvalue weighted by molar-refractivity contribution is 0.392. The third kappa shape index (κ3) is 2.06. The highest BCUT2D eigenvalue weighted by Gasteiger charge is 2.26. The third-order valence-electron chi connectivity index (χ3n) is 3.36. The summed E-state index contributed by atoms with van der Waals surface area (Å²) in [5, 5.41) is 3.34. The average Bonchev–Trinajstić information content (AvgIpc) is 2.69. The summed E-state index contributed by atoms with van der Waals surface area (Å²) in [5.74, 6) is 3.43. The van der Waals surface area contributed by atoms with Crippen LogP contribution < -0.4 is 5.32 Å². The molecule has 1 heteroatoms. The van der Waals surface area contributed by atoms with Gasteiger partial charge in [0.2, 0.25) is 0 Å². The van der Waals surface area contributed by atoms with E-state index in [9.17, 15) is 0 Å². The Labute approximate surface area is 91.9 Å². The van der Waals surface area contributed by atoms with Crippen LogP contribution in [0.2, 0.25) is 0 Å². The molecule has 0 aliphatic heterocycles. The molecular formula is C14H17N. The van der Waals surface area contributed by atoms with E-state index in [-0.39, 0.29) is 0 Å². The zero-order valence-electron chi connectivity index (χ0n) is 9.16. The van der Waals surface area contributed by atoms with Crippen molar-refractivity contribution in [2.75, 3.05) is 7.05 Å². The fourth-order valence-corrected chi connectivity index (χ4v) is 2.51. The molecule has 0 heterocycles. The van der Waals surface area contributed by atoms with Crippen LogP contribution >= 0.6 is 0 Å².